The van der Waals surface area contributed by atoms with Gasteiger partial charge in [-0.05, 0) is 60.5 Å². The van der Waals surface area contributed by atoms with Crippen LogP contribution in [0, 0.1) is 0 Å². The van der Waals surface area contributed by atoms with Crippen LogP contribution in [-0.2, 0) is 11.4 Å². The van der Waals surface area contributed by atoms with Gasteiger partial charge in [-0.25, -0.2) is 0 Å². The zero-order valence-electron chi connectivity index (χ0n) is 16.5. The summed E-state index contributed by atoms with van der Waals surface area (Å²) < 4.78 is 6.83. The summed E-state index contributed by atoms with van der Waals surface area (Å²) >= 11 is 16.3. The van der Waals surface area contributed by atoms with Crippen molar-refractivity contribution in [1.82, 2.24) is 0 Å². The van der Waals surface area contributed by atoms with Crippen LogP contribution >= 0.6 is 39.1 Å². The van der Waals surface area contributed by atoms with E-state index in [-0.39, 0.29) is 5.91 Å². The molecule has 0 fully saturated rings. The molecule has 0 saturated heterocycles. The third kappa shape index (κ3) is 4.85. The third-order valence-electron chi connectivity index (χ3n) is 4.69. The van der Waals surface area contributed by atoms with Gasteiger partial charge in [-0.1, -0.05) is 69.5 Å². The van der Waals surface area contributed by atoms with Crippen molar-refractivity contribution in [2.75, 3.05) is 5.01 Å². The van der Waals surface area contributed by atoms with Gasteiger partial charge in [-0.3, -0.25) is 4.79 Å². The lowest BCUT2D eigenvalue weighted by Crippen LogP contribution is -2.21. The highest BCUT2D eigenvalue weighted by Crippen LogP contribution is 2.36. The Balaban J connectivity index is 1.55. The van der Waals surface area contributed by atoms with Crippen LogP contribution in [0.1, 0.15) is 18.1 Å². The van der Waals surface area contributed by atoms with E-state index in [4.69, 9.17) is 27.9 Å². The number of hydrogen-bond donors (Lipinski definition) is 0. The van der Waals surface area contributed by atoms with Crippen LogP contribution in [0.15, 0.2) is 81.9 Å². The van der Waals surface area contributed by atoms with Gasteiger partial charge >= 0.3 is 0 Å². The van der Waals surface area contributed by atoms with Crippen molar-refractivity contribution in [1.29, 1.82) is 0 Å². The Labute approximate surface area is 198 Å². The number of rotatable bonds is 5. The van der Waals surface area contributed by atoms with Crippen LogP contribution in [0.4, 0.5) is 5.69 Å². The summed E-state index contributed by atoms with van der Waals surface area (Å²) in [5.41, 5.74) is 3.50. The Kier molecular flexibility index (Phi) is 6.46. The first kappa shape index (κ1) is 21.6. The average Bonchev–Trinajstić information content (AvgIpc) is 3.03. The molecule has 1 heterocycles. The minimum Gasteiger partial charge on any atom is -0.486 e. The Morgan fingerprint density at radius 1 is 1.03 bits per heavy atom. The molecule has 31 heavy (non-hydrogen) atoms. The highest BCUT2D eigenvalue weighted by Gasteiger charge is 2.28. The van der Waals surface area contributed by atoms with Crippen molar-refractivity contribution in [2.24, 2.45) is 5.10 Å². The lowest BCUT2D eigenvalue weighted by molar-refractivity contribution is -0.114. The predicted octanol–water partition coefficient (Wildman–Crippen LogP) is 7.14. The van der Waals surface area contributed by atoms with Gasteiger partial charge in [0.1, 0.15) is 6.61 Å². The van der Waals surface area contributed by atoms with Crippen LogP contribution in [0.25, 0.3) is 6.08 Å². The summed E-state index contributed by atoms with van der Waals surface area (Å²) in [5, 5.41) is 6.52. The fourth-order valence-corrected chi connectivity index (χ4v) is 4.01. The molecule has 0 saturated carbocycles. The second-order valence-corrected chi connectivity index (χ2v) is 8.65. The van der Waals surface area contributed by atoms with Crippen molar-refractivity contribution < 1.29 is 9.53 Å². The SMILES string of the molecule is CC1=NN(c2ccccc2)C(=O)/C1=C/c1cc(Cl)c(OCc2ccc(Br)cc2)c(Cl)c1. The maximum Gasteiger partial charge on any atom is 0.280 e. The molecule has 0 bridgehead atoms. The molecule has 1 aliphatic rings. The summed E-state index contributed by atoms with van der Waals surface area (Å²) in [4.78, 5) is 12.9. The van der Waals surface area contributed by atoms with E-state index in [2.05, 4.69) is 21.0 Å². The number of carbonyl (C=O) groups is 1. The molecular weight excluding hydrogens is 499 g/mol. The number of amides is 1. The summed E-state index contributed by atoms with van der Waals surface area (Å²) in [5.74, 6) is 0.203. The van der Waals surface area contributed by atoms with Gasteiger partial charge in [-0.15, -0.1) is 0 Å². The number of hydrogen-bond acceptors (Lipinski definition) is 3. The third-order valence-corrected chi connectivity index (χ3v) is 5.78. The summed E-state index contributed by atoms with van der Waals surface area (Å²) in [6, 6.07) is 20.5. The fourth-order valence-electron chi connectivity index (χ4n) is 3.13. The van der Waals surface area contributed by atoms with Crippen molar-refractivity contribution in [2.45, 2.75) is 13.5 Å². The Morgan fingerprint density at radius 2 is 1.68 bits per heavy atom. The second kappa shape index (κ2) is 9.27. The van der Waals surface area contributed by atoms with E-state index in [9.17, 15) is 4.79 Å². The molecule has 0 spiro atoms. The predicted molar refractivity (Wildman–Crippen MR) is 130 cm³/mol. The highest BCUT2D eigenvalue weighted by molar-refractivity contribution is 9.10. The quantitative estimate of drug-likeness (QED) is 0.339. The number of carbonyl (C=O) groups excluding carboxylic acids is 1. The maximum atomic E-state index is 12.9. The standard InChI is InChI=1S/C24H17BrCl2N2O2/c1-15-20(24(30)29(28-15)19-5-3-2-4-6-19)11-17-12-21(26)23(22(27)13-17)31-14-16-7-9-18(25)10-8-16/h2-13H,14H2,1H3/b20-11+. The van der Waals surface area contributed by atoms with Gasteiger partial charge in [0.25, 0.3) is 5.91 Å². The molecule has 1 amide bonds. The van der Waals surface area contributed by atoms with E-state index in [0.717, 1.165) is 10.0 Å². The Morgan fingerprint density at radius 3 is 2.32 bits per heavy atom. The van der Waals surface area contributed by atoms with E-state index >= 15 is 0 Å². The molecule has 4 rings (SSSR count). The molecule has 7 heteroatoms. The van der Waals surface area contributed by atoms with Crippen molar-refractivity contribution in [3.05, 3.63) is 97.9 Å². The zero-order valence-corrected chi connectivity index (χ0v) is 19.6. The summed E-state index contributed by atoms with van der Waals surface area (Å²) in [6.07, 6.45) is 1.74. The van der Waals surface area contributed by atoms with E-state index < -0.39 is 0 Å². The molecule has 0 unspecified atom stereocenters. The minimum atomic E-state index is -0.202. The Bertz CT molecular complexity index is 1170. The van der Waals surface area contributed by atoms with E-state index in [0.29, 0.717) is 44.9 Å². The zero-order chi connectivity index (χ0) is 22.0. The molecular formula is C24H17BrCl2N2O2. The number of halogens is 3. The Hall–Kier alpha value is -2.60. The number of hydrazone groups is 1. The minimum absolute atomic E-state index is 0.202. The van der Waals surface area contributed by atoms with E-state index in [1.807, 2.05) is 54.6 Å². The van der Waals surface area contributed by atoms with Gasteiger partial charge in [-0.2, -0.15) is 10.1 Å². The normalized spacial score (nSPS) is 14.8. The van der Waals surface area contributed by atoms with Gasteiger partial charge in [0.2, 0.25) is 0 Å². The molecule has 0 atom stereocenters. The van der Waals surface area contributed by atoms with E-state index in [1.54, 1.807) is 25.1 Å². The highest BCUT2D eigenvalue weighted by atomic mass is 79.9. The van der Waals surface area contributed by atoms with Gasteiger partial charge in [0, 0.05) is 4.47 Å². The van der Waals surface area contributed by atoms with Crippen molar-refractivity contribution in [3.8, 4) is 5.75 Å². The number of nitrogens with zero attached hydrogens (tertiary/aromatic N) is 2. The summed E-state index contributed by atoms with van der Waals surface area (Å²) in [7, 11) is 0. The maximum absolute atomic E-state index is 12.9. The number of ether oxygens (including phenoxy) is 1. The second-order valence-electron chi connectivity index (χ2n) is 6.92. The van der Waals surface area contributed by atoms with Crippen LogP contribution in [-0.4, -0.2) is 11.6 Å². The van der Waals surface area contributed by atoms with Crippen molar-refractivity contribution in [3.63, 3.8) is 0 Å². The molecule has 0 aromatic heterocycles. The first-order valence-electron chi connectivity index (χ1n) is 9.45. The van der Waals surface area contributed by atoms with E-state index in [1.165, 1.54) is 5.01 Å². The van der Waals surface area contributed by atoms with Crippen LogP contribution in [0.2, 0.25) is 10.0 Å². The molecule has 156 valence electrons. The van der Waals surface area contributed by atoms with Gasteiger partial charge in [0.15, 0.2) is 5.75 Å². The fraction of sp³-hybridized carbons (Fsp3) is 0.0833. The number of para-hydroxylation sites is 1. The molecule has 4 nitrogen and oxygen atoms in total. The molecule has 3 aromatic rings. The van der Waals surface area contributed by atoms with Crippen LogP contribution in [0.5, 0.6) is 5.75 Å². The van der Waals surface area contributed by atoms with Gasteiger partial charge in [0.05, 0.1) is 27.0 Å². The van der Waals surface area contributed by atoms with Crippen molar-refractivity contribution >= 4 is 62.5 Å². The largest absolute Gasteiger partial charge is 0.486 e. The first-order chi connectivity index (χ1) is 14.9. The van der Waals surface area contributed by atoms with Crippen LogP contribution in [0.3, 0.4) is 0 Å². The summed E-state index contributed by atoms with van der Waals surface area (Å²) in [6.45, 7) is 2.13. The van der Waals surface area contributed by atoms with Crippen LogP contribution < -0.4 is 9.75 Å². The molecule has 0 aliphatic carbocycles. The number of anilines is 1. The first-order valence-corrected chi connectivity index (χ1v) is 11.0. The molecule has 3 aromatic carbocycles. The average molecular weight is 516 g/mol. The lowest BCUT2D eigenvalue weighted by atomic mass is 10.1. The number of benzene rings is 3. The smallest absolute Gasteiger partial charge is 0.280 e. The topological polar surface area (TPSA) is 41.9 Å². The van der Waals surface area contributed by atoms with Gasteiger partial charge < -0.3 is 4.74 Å². The molecule has 0 radical (unpaired) electrons. The molecule has 0 N–H and O–H groups in total. The lowest BCUT2D eigenvalue weighted by Gasteiger charge is -2.12. The monoisotopic (exact) mass is 514 g/mol. The molecule has 1 aliphatic heterocycles.